The molecule has 126 valence electrons. The second-order valence-electron chi connectivity index (χ2n) is 5.56. The SMILES string of the molecule is CCOCCn1c(COc2ccccc2C)nc2cc(Cl)ccc21. The number of hydrogen-bond acceptors (Lipinski definition) is 3. The lowest BCUT2D eigenvalue weighted by Crippen LogP contribution is -2.11. The number of halogens is 1. The van der Waals surface area contributed by atoms with Gasteiger partial charge in [0.15, 0.2) is 0 Å². The van der Waals surface area contributed by atoms with Crippen molar-refractivity contribution >= 4 is 22.6 Å². The van der Waals surface area contributed by atoms with Gasteiger partial charge in [-0.05, 0) is 43.7 Å². The van der Waals surface area contributed by atoms with E-state index in [1.807, 2.05) is 56.3 Å². The minimum Gasteiger partial charge on any atom is -0.485 e. The van der Waals surface area contributed by atoms with E-state index in [0.717, 1.165) is 34.7 Å². The van der Waals surface area contributed by atoms with Crippen molar-refractivity contribution in [2.45, 2.75) is 27.0 Å². The second kappa shape index (κ2) is 7.69. The molecule has 3 rings (SSSR count). The van der Waals surface area contributed by atoms with Crippen molar-refractivity contribution < 1.29 is 9.47 Å². The van der Waals surface area contributed by atoms with Crippen molar-refractivity contribution in [2.24, 2.45) is 0 Å². The van der Waals surface area contributed by atoms with Crippen LogP contribution < -0.4 is 4.74 Å². The van der Waals surface area contributed by atoms with Gasteiger partial charge in [0.25, 0.3) is 0 Å². The Bertz CT molecular complexity index is 829. The van der Waals surface area contributed by atoms with Gasteiger partial charge in [-0.3, -0.25) is 0 Å². The Morgan fingerprint density at radius 3 is 2.79 bits per heavy atom. The quantitative estimate of drug-likeness (QED) is 0.587. The number of hydrogen-bond donors (Lipinski definition) is 0. The fourth-order valence-corrected chi connectivity index (χ4v) is 2.84. The monoisotopic (exact) mass is 344 g/mol. The molecular weight excluding hydrogens is 324 g/mol. The Kier molecular flexibility index (Phi) is 5.38. The Morgan fingerprint density at radius 2 is 2.00 bits per heavy atom. The molecule has 0 aliphatic rings. The minimum atomic E-state index is 0.406. The summed E-state index contributed by atoms with van der Waals surface area (Å²) in [5, 5.41) is 0.684. The molecule has 24 heavy (non-hydrogen) atoms. The molecule has 0 saturated heterocycles. The minimum absolute atomic E-state index is 0.406. The molecule has 2 aromatic carbocycles. The molecule has 0 aliphatic heterocycles. The van der Waals surface area contributed by atoms with Crippen LogP contribution in [0, 0.1) is 6.92 Å². The summed E-state index contributed by atoms with van der Waals surface area (Å²) in [6, 6.07) is 13.7. The highest BCUT2D eigenvalue weighted by atomic mass is 35.5. The van der Waals surface area contributed by atoms with Crippen molar-refractivity contribution in [1.82, 2.24) is 9.55 Å². The van der Waals surface area contributed by atoms with Gasteiger partial charge in [0.2, 0.25) is 0 Å². The zero-order valence-electron chi connectivity index (χ0n) is 14.0. The van der Waals surface area contributed by atoms with E-state index < -0.39 is 0 Å². The first-order chi connectivity index (χ1) is 11.7. The van der Waals surface area contributed by atoms with Gasteiger partial charge >= 0.3 is 0 Å². The zero-order valence-corrected chi connectivity index (χ0v) is 14.7. The molecule has 0 spiro atoms. The molecule has 0 saturated carbocycles. The van der Waals surface area contributed by atoms with Crippen LogP contribution in [0.4, 0.5) is 0 Å². The third-order valence-electron chi connectivity index (χ3n) is 3.90. The average Bonchev–Trinajstić information content (AvgIpc) is 2.91. The molecule has 4 nitrogen and oxygen atoms in total. The molecule has 3 aromatic rings. The van der Waals surface area contributed by atoms with E-state index >= 15 is 0 Å². The van der Waals surface area contributed by atoms with Crippen LogP contribution in [0.15, 0.2) is 42.5 Å². The molecule has 0 bridgehead atoms. The van der Waals surface area contributed by atoms with Gasteiger partial charge < -0.3 is 14.0 Å². The molecular formula is C19H21ClN2O2. The first-order valence-electron chi connectivity index (χ1n) is 8.10. The highest BCUT2D eigenvalue weighted by molar-refractivity contribution is 6.31. The molecule has 0 radical (unpaired) electrons. The Hall–Kier alpha value is -2.04. The summed E-state index contributed by atoms with van der Waals surface area (Å²) in [5.74, 6) is 1.74. The number of aromatic nitrogens is 2. The summed E-state index contributed by atoms with van der Waals surface area (Å²) in [6.45, 7) is 6.51. The molecule has 0 N–H and O–H groups in total. The van der Waals surface area contributed by atoms with Crippen LogP contribution in [0.25, 0.3) is 11.0 Å². The number of aryl methyl sites for hydroxylation is 1. The fourth-order valence-electron chi connectivity index (χ4n) is 2.67. The largest absolute Gasteiger partial charge is 0.485 e. The molecule has 0 amide bonds. The van der Waals surface area contributed by atoms with E-state index in [0.29, 0.717) is 24.8 Å². The van der Waals surface area contributed by atoms with Gasteiger partial charge in [-0.1, -0.05) is 29.8 Å². The predicted octanol–water partition coefficient (Wildman–Crippen LogP) is 4.61. The fraction of sp³-hybridized carbons (Fsp3) is 0.316. The van der Waals surface area contributed by atoms with Crippen molar-refractivity contribution in [3.05, 3.63) is 58.9 Å². The van der Waals surface area contributed by atoms with Gasteiger partial charge in [-0.25, -0.2) is 4.98 Å². The summed E-state index contributed by atoms with van der Waals surface area (Å²) in [6.07, 6.45) is 0. The lowest BCUT2D eigenvalue weighted by Gasteiger charge is -2.11. The summed E-state index contributed by atoms with van der Waals surface area (Å²) >= 11 is 6.10. The van der Waals surface area contributed by atoms with Crippen LogP contribution in [0.5, 0.6) is 5.75 Å². The van der Waals surface area contributed by atoms with Gasteiger partial charge in [0.1, 0.15) is 18.2 Å². The average molecular weight is 345 g/mol. The first-order valence-corrected chi connectivity index (χ1v) is 8.47. The number of nitrogens with zero attached hydrogens (tertiary/aromatic N) is 2. The summed E-state index contributed by atoms with van der Waals surface area (Å²) < 4.78 is 13.6. The third-order valence-corrected chi connectivity index (χ3v) is 4.14. The highest BCUT2D eigenvalue weighted by Gasteiger charge is 2.12. The number of ether oxygens (including phenoxy) is 2. The van der Waals surface area contributed by atoms with Crippen LogP contribution in [-0.2, 0) is 17.9 Å². The Balaban J connectivity index is 1.87. The number of fused-ring (bicyclic) bond motifs is 1. The van der Waals surface area contributed by atoms with Gasteiger partial charge in [-0.15, -0.1) is 0 Å². The Labute approximate surface area is 147 Å². The van der Waals surface area contributed by atoms with Crippen LogP contribution in [0.3, 0.4) is 0 Å². The summed E-state index contributed by atoms with van der Waals surface area (Å²) in [4.78, 5) is 4.69. The lowest BCUT2D eigenvalue weighted by atomic mass is 10.2. The molecule has 1 heterocycles. The Morgan fingerprint density at radius 1 is 1.17 bits per heavy atom. The van der Waals surface area contributed by atoms with E-state index in [1.54, 1.807) is 0 Å². The normalized spacial score (nSPS) is 11.1. The van der Waals surface area contributed by atoms with Crippen LogP contribution in [0.1, 0.15) is 18.3 Å². The number of para-hydroxylation sites is 1. The maximum Gasteiger partial charge on any atom is 0.148 e. The molecule has 5 heteroatoms. The first kappa shape index (κ1) is 16.8. The van der Waals surface area contributed by atoms with E-state index in [2.05, 4.69) is 4.57 Å². The molecule has 0 aliphatic carbocycles. The maximum atomic E-state index is 6.10. The van der Waals surface area contributed by atoms with E-state index in [9.17, 15) is 0 Å². The van der Waals surface area contributed by atoms with E-state index in [1.165, 1.54) is 0 Å². The second-order valence-corrected chi connectivity index (χ2v) is 6.00. The zero-order chi connectivity index (χ0) is 16.9. The molecule has 0 atom stereocenters. The number of benzene rings is 2. The number of rotatable bonds is 7. The number of imidazole rings is 1. The maximum absolute atomic E-state index is 6.10. The molecule has 0 fully saturated rings. The standard InChI is InChI=1S/C19H21ClN2O2/c1-3-23-11-10-22-17-9-8-15(20)12-16(17)21-19(22)13-24-18-7-5-4-6-14(18)2/h4-9,12H,3,10-11,13H2,1-2H3. The van der Waals surface area contributed by atoms with Crippen molar-refractivity contribution in [1.29, 1.82) is 0 Å². The lowest BCUT2D eigenvalue weighted by molar-refractivity contribution is 0.138. The van der Waals surface area contributed by atoms with Crippen LogP contribution in [-0.4, -0.2) is 22.8 Å². The van der Waals surface area contributed by atoms with Gasteiger partial charge in [0.05, 0.1) is 17.6 Å². The molecule has 0 unspecified atom stereocenters. The van der Waals surface area contributed by atoms with E-state index in [4.69, 9.17) is 26.1 Å². The third kappa shape index (κ3) is 3.71. The van der Waals surface area contributed by atoms with Crippen molar-refractivity contribution in [3.8, 4) is 5.75 Å². The van der Waals surface area contributed by atoms with E-state index in [-0.39, 0.29) is 0 Å². The van der Waals surface area contributed by atoms with Crippen molar-refractivity contribution in [3.63, 3.8) is 0 Å². The predicted molar refractivity (Wildman–Crippen MR) is 96.7 cm³/mol. The topological polar surface area (TPSA) is 36.3 Å². The van der Waals surface area contributed by atoms with Gasteiger partial charge in [0, 0.05) is 18.2 Å². The van der Waals surface area contributed by atoms with Crippen molar-refractivity contribution in [2.75, 3.05) is 13.2 Å². The summed E-state index contributed by atoms with van der Waals surface area (Å²) in [5.41, 5.74) is 3.03. The summed E-state index contributed by atoms with van der Waals surface area (Å²) in [7, 11) is 0. The molecule has 1 aromatic heterocycles. The van der Waals surface area contributed by atoms with Gasteiger partial charge in [-0.2, -0.15) is 0 Å². The smallest absolute Gasteiger partial charge is 0.148 e. The van der Waals surface area contributed by atoms with Crippen LogP contribution in [0.2, 0.25) is 5.02 Å². The highest BCUT2D eigenvalue weighted by Crippen LogP contribution is 2.23. The van der Waals surface area contributed by atoms with Crippen LogP contribution >= 0.6 is 11.6 Å².